The third-order valence-electron chi connectivity index (χ3n) is 3.39. The van der Waals surface area contributed by atoms with Gasteiger partial charge in [0, 0.05) is 25.4 Å². The summed E-state index contributed by atoms with van der Waals surface area (Å²) in [5.74, 6) is 0.304. The molecule has 0 saturated carbocycles. The van der Waals surface area contributed by atoms with Crippen molar-refractivity contribution in [2.75, 3.05) is 6.54 Å². The van der Waals surface area contributed by atoms with Crippen LogP contribution in [0.2, 0.25) is 0 Å². The van der Waals surface area contributed by atoms with Crippen molar-refractivity contribution in [1.82, 2.24) is 9.88 Å². The lowest BCUT2D eigenvalue weighted by molar-refractivity contribution is -0.132. The van der Waals surface area contributed by atoms with Crippen LogP contribution in [0.5, 0.6) is 0 Å². The third-order valence-corrected chi connectivity index (χ3v) is 3.39. The quantitative estimate of drug-likeness (QED) is 0.799. The number of pyridine rings is 1. The Hall–Kier alpha value is -1.38. The molecule has 3 heteroatoms. The summed E-state index contributed by atoms with van der Waals surface area (Å²) in [6.07, 6.45) is 8.61. The van der Waals surface area contributed by atoms with Crippen LogP contribution in [0, 0.1) is 0 Å². The fraction of sp³-hybridized carbons (Fsp3) is 0.571. The van der Waals surface area contributed by atoms with E-state index in [1.807, 2.05) is 17.2 Å². The molecular weight excluding hydrogens is 212 g/mol. The largest absolute Gasteiger partial charge is 0.336 e. The van der Waals surface area contributed by atoms with Gasteiger partial charge in [0.2, 0.25) is 5.91 Å². The van der Waals surface area contributed by atoms with Gasteiger partial charge in [-0.25, -0.2) is 0 Å². The topological polar surface area (TPSA) is 33.2 Å². The van der Waals surface area contributed by atoms with Crippen molar-refractivity contribution in [3.63, 3.8) is 0 Å². The standard InChI is InChI=1S/C14H20N2O/c1-2-3-8-14(17)16-10-5-7-13(16)12-6-4-9-15-11-12/h4,6,9,11,13H,2-3,5,7-8,10H2,1H3. The van der Waals surface area contributed by atoms with E-state index in [9.17, 15) is 4.79 Å². The number of amides is 1. The van der Waals surface area contributed by atoms with Gasteiger partial charge in [-0.05, 0) is 30.9 Å². The molecule has 1 aromatic rings. The number of aromatic nitrogens is 1. The molecule has 2 rings (SSSR count). The normalized spacial score (nSPS) is 19.6. The first-order valence-corrected chi connectivity index (χ1v) is 6.52. The van der Waals surface area contributed by atoms with Crippen molar-refractivity contribution in [3.05, 3.63) is 30.1 Å². The van der Waals surface area contributed by atoms with Crippen molar-refractivity contribution in [2.24, 2.45) is 0 Å². The van der Waals surface area contributed by atoms with Gasteiger partial charge in [0.15, 0.2) is 0 Å². The van der Waals surface area contributed by atoms with E-state index >= 15 is 0 Å². The zero-order chi connectivity index (χ0) is 12.1. The third kappa shape index (κ3) is 2.84. The number of nitrogens with zero attached hydrogens (tertiary/aromatic N) is 2. The summed E-state index contributed by atoms with van der Waals surface area (Å²) in [6, 6.07) is 4.28. The van der Waals surface area contributed by atoms with Crippen molar-refractivity contribution in [1.29, 1.82) is 0 Å². The van der Waals surface area contributed by atoms with E-state index in [0.717, 1.165) is 32.2 Å². The lowest BCUT2D eigenvalue weighted by Gasteiger charge is -2.24. The van der Waals surface area contributed by atoms with E-state index in [4.69, 9.17) is 0 Å². The smallest absolute Gasteiger partial charge is 0.223 e. The predicted molar refractivity (Wildman–Crippen MR) is 67.5 cm³/mol. The molecule has 1 fully saturated rings. The van der Waals surface area contributed by atoms with Gasteiger partial charge >= 0.3 is 0 Å². The van der Waals surface area contributed by atoms with E-state index in [2.05, 4.69) is 18.0 Å². The minimum absolute atomic E-state index is 0.257. The Morgan fingerprint density at radius 2 is 2.47 bits per heavy atom. The summed E-state index contributed by atoms with van der Waals surface area (Å²) in [7, 11) is 0. The molecule has 1 aromatic heterocycles. The number of hydrogen-bond acceptors (Lipinski definition) is 2. The summed E-state index contributed by atoms with van der Waals surface area (Å²) in [5, 5.41) is 0. The highest BCUT2D eigenvalue weighted by atomic mass is 16.2. The van der Waals surface area contributed by atoms with Gasteiger partial charge < -0.3 is 4.90 Å². The van der Waals surface area contributed by atoms with Gasteiger partial charge in [-0.3, -0.25) is 9.78 Å². The zero-order valence-corrected chi connectivity index (χ0v) is 10.4. The Morgan fingerprint density at radius 1 is 1.59 bits per heavy atom. The summed E-state index contributed by atoms with van der Waals surface area (Å²) >= 11 is 0. The number of rotatable bonds is 4. The van der Waals surface area contributed by atoms with Crippen molar-refractivity contribution in [2.45, 2.75) is 45.1 Å². The molecule has 1 aliphatic heterocycles. The second-order valence-electron chi connectivity index (χ2n) is 4.64. The maximum atomic E-state index is 12.1. The van der Waals surface area contributed by atoms with Crippen molar-refractivity contribution < 1.29 is 4.79 Å². The number of likely N-dealkylation sites (tertiary alicyclic amines) is 1. The number of carbonyl (C=O) groups excluding carboxylic acids is 1. The molecule has 3 nitrogen and oxygen atoms in total. The molecule has 0 radical (unpaired) electrons. The molecule has 0 spiro atoms. The van der Waals surface area contributed by atoms with Gasteiger partial charge in [0.25, 0.3) is 0 Å². The van der Waals surface area contributed by atoms with Crippen LogP contribution >= 0.6 is 0 Å². The van der Waals surface area contributed by atoms with Gasteiger partial charge in [-0.15, -0.1) is 0 Å². The number of carbonyl (C=O) groups is 1. The number of hydrogen-bond donors (Lipinski definition) is 0. The fourth-order valence-corrected chi connectivity index (χ4v) is 2.46. The van der Waals surface area contributed by atoms with Crippen LogP contribution in [0.1, 0.15) is 50.6 Å². The molecule has 1 amide bonds. The second-order valence-corrected chi connectivity index (χ2v) is 4.64. The van der Waals surface area contributed by atoms with Gasteiger partial charge in [-0.1, -0.05) is 19.4 Å². The van der Waals surface area contributed by atoms with E-state index in [1.165, 1.54) is 5.56 Å². The Labute approximate surface area is 103 Å². The summed E-state index contributed by atoms with van der Waals surface area (Å²) in [5.41, 5.74) is 1.18. The highest BCUT2D eigenvalue weighted by molar-refractivity contribution is 5.77. The van der Waals surface area contributed by atoms with Crippen molar-refractivity contribution >= 4 is 5.91 Å². The van der Waals surface area contributed by atoms with E-state index < -0.39 is 0 Å². The Kier molecular flexibility index (Phi) is 4.13. The van der Waals surface area contributed by atoms with E-state index in [0.29, 0.717) is 12.3 Å². The Bertz CT molecular complexity index is 364. The fourth-order valence-electron chi connectivity index (χ4n) is 2.46. The molecule has 1 aliphatic rings. The first-order valence-electron chi connectivity index (χ1n) is 6.52. The number of unbranched alkanes of at least 4 members (excludes halogenated alkanes) is 1. The molecule has 1 unspecified atom stereocenters. The average molecular weight is 232 g/mol. The van der Waals surface area contributed by atoms with Crippen LogP contribution in [0.4, 0.5) is 0 Å². The first kappa shape index (κ1) is 12.1. The van der Waals surface area contributed by atoms with Gasteiger partial charge in [0.05, 0.1) is 6.04 Å². The Morgan fingerprint density at radius 3 is 3.18 bits per heavy atom. The highest BCUT2D eigenvalue weighted by Crippen LogP contribution is 2.31. The minimum Gasteiger partial charge on any atom is -0.336 e. The maximum Gasteiger partial charge on any atom is 0.223 e. The SMILES string of the molecule is CCCCC(=O)N1CCCC1c1cccnc1. The molecule has 1 atom stereocenters. The average Bonchev–Trinajstić information content (AvgIpc) is 2.86. The summed E-state index contributed by atoms with van der Waals surface area (Å²) in [4.78, 5) is 18.3. The summed E-state index contributed by atoms with van der Waals surface area (Å²) < 4.78 is 0. The first-order chi connectivity index (χ1) is 8.33. The highest BCUT2D eigenvalue weighted by Gasteiger charge is 2.29. The van der Waals surface area contributed by atoms with Crippen molar-refractivity contribution in [3.8, 4) is 0 Å². The van der Waals surface area contributed by atoms with Crippen LogP contribution < -0.4 is 0 Å². The zero-order valence-electron chi connectivity index (χ0n) is 10.4. The molecule has 17 heavy (non-hydrogen) atoms. The molecule has 0 aliphatic carbocycles. The van der Waals surface area contributed by atoms with Crippen LogP contribution in [0.3, 0.4) is 0 Å². The summed E-state index contributed by atoms with van der Waals surface area (Å²) in [6.45, 7) is 3.03. The van der Waals surface area contributed by atoms with Crippen LogP contribution in [0.15, 0.2) is 24.5 Å². The lowest BCUT2D eigenvalue weighted by atomic mass is 10.1. The Balaban J connectivity index is 2.05. The predicted octanol–water partition coefficient (Wildman–Crippen LogP) is 2.94. The van der Waals surface area contributed by atoms with Gasteiger partial charge in [0.1, 0.15) is 0 Å². The van der Waals surface area contributed by atoms with Crippen LogP contribution in [0.25, 0.3) is 0 Å². The van der Waals surface area contributed by atoms with Crippen LogP contribution in [-0.2, 0) is 4.79 Å². The minimum atomic E-state index is 0.257. The molecule has 92 valence electrons. The molecule has 1 saturated heterocycles. The van der Waals surface area contributed by atoms with E-state index in [1.54, 1.807) is 6.20 Å². The molecular formula is C14H20N2O. The van der Waals surface area contributed by atoms with E-state index in [-0.39, 0.29) is 6.04 Å². The van der Waals surface area contributed by atoms with Gasteiger partial charge in [-0.2, -0.15) is 0 Å². The van der Waals surface area contributed by atoms with Crippen LogP contribution in [-0.4, -0.2) is 22.3 Å². The molecule has 2 heterocycles. The monoisotopic (exact) mass is 232 g/mol. The molecule has 0 bridgehead atoms. The maximum absolute atomic E-state index is 12.1. The second kappa shape index (κ2) is 5.80. The molecule has 0 N–H and O–H groups in total. The molecule has 0 aromatic carbocycles. The lowest BCUT2D eigenvalue weighted by Crippen LogP contribution is -2.30.